The molecule has 1 aromatic carbocycles. The Morgan fingerprint density at radius 2 is 1.95 bits per heavy atom. The number of rotatable bonds is 6. The normalized spacial score (nSPS) is 10.6. The molecule has 2 aromatic rings. The number of carbonyl (C=O) groups is 1. The first kappa shape index (κ1) is 15.0. The Morgan fingerprint density at radius 1 is 1.24 bits per heavy atom. The van der Waals surface area contributed by atoms with Crippen molar-refractivity contribution in [3.05, 3.63) is 53.5 Å². The van der Waals surface area contributed by atoms with Crippen LogP contribution in [0, 0.1) is 0 Å². The van der Waals surface area contributed by atoms with Crippen LogP contribution in [0.15, 0.2) is 36.7 Å². The maximum atomic E-state index is 10.9. The molecule has 0 amide bonds. The molecule has 0 saturated carbocycles. The molecule has 0 radical (unpaired) electrons. The van der Waals surface area contributed by atoms with Gasteiger partial charge in [-0.15, -0.1) is 0 Å². The summed E-state index contributed by atoms with van der Waals surface area (Å²) in [6.07, 6.45) is 1.57. The van der Waals surface area contributed by atoms with E-state index >= 15 is 0 Å². The molecule has 1 aromatic heterocycles. The van der Waals surface area contributed by atoms with Crippen LogP contribution in [0.3, 0.4) is 0 Å². The average molecular weight is 285 g/mol. The average Bonchev–Trinajstić information content (AvgIpc) is 2.46. The summed E-state index contributed by atoms with van der Waals surface area (Å²) < 4.78 is 0. The monoisotopic (exact) mass is 285 g/mol. The minimum atomic E-state index is -0.827. The summed E-state index contributed by atoms with van der Waals surface area (Å²) in [5.74, 6) is 0.262. The Morgan fingerprint density at radius 3 is 2.62 bits per heavy atom. The molecular weight excluding hydrogens is 266 g/mol. The van der Waals surface area contributed by atoms with Gasteiger partial charge in [0, 0.05) is 18.3 Å². The van der Waals surface area contributed by atoms with Gasteiger partial charge in [-0.1, -0.05) is 38.1 Å². The van der Waals surface area contributed by atoms with Gasteiger partial charge in [0.05, 0.1) is 6.42 Å². The predicted octanol–water partition coefficient (Wildman–Crippen LogP) is 2.84. The number of hydrogen-bond donors (Lipinski definition) is 2. The van der Waals surface area contributed by atoms with Gasteiger partial charge in [-0.05, 0) is 17.0 Å². The molecule has 0 atom stereocenters. The zero-order valence-corrected chi connectivity index (χ0v) is 12.2. The first-order chi connectivity index (χ1) is 10.1. The highest BCUT2D eigenvalue weighted by molar-refractivity contribution is 5.70. The van der Waals surface area contributed by atoms with Gasteiger partial charge in [-0.2, -0.15) is 0 Å². The largest absolute Gasteiger partial charge is 0.481 e. The molecule has 1 heterocycles. The van der Waals surface area contributed by atoms with E-state index in [1.54, 1.807) is 6.33 Å². The van der Waals surface area contributed by atoms with E-state index in [0.717, 1.165) is 22.6 Å². The lowest BCUT2D eigenvalue weighted by molar-refractivity contribution is -0.136. The van der Waals surface area contributed by atoms with Crippen LogP contribution in [0.5, 0.6) is 0 Å². The van der Waals surface area contributed by atoms with Crippen LogP contribution < -0.4 is 5.32 Å². The van der Waals surface area contributed by atoms with Gasteiger partial charge in [0.2, 0.25) is 0 Å². The lowest BCUT2D eigenvalue weighted by Gasteiger charge is -2.11. The third-order valence-electron chi connectivity index (χ3n) is 3.20. The Labute approximate surface area is 124 Å². The number of hydrogen-bond acceptors (Lipinski definition) is 4. The second-order valence-electron chi connectivity index (χ2n) is 5.18. The summed E-state index contributed by atoms with van der Waals surface area (Å²) in [6.45, 7) is 4.69. The van der Waals surface area contributed by atoms with E-state index < -0.39 is 5.97 Å². The first-order valence-electron chi connectivity index (χ1n) is 6.90. The molecule has 0 aliphatic rings. The maximum Gasteiger partial charge on any atom is 0.307 e. The number of carboxylic acid groups (broad SMARTS) is 1. The van der Waals surface area contributed by atoms with E-state index in [0.29, 0.717) is 12.5 Å². The molecule has 5 heteroatoms. The standard InChI is InChI=1S/C16H19N3O2/c1-11(2)14-8-15(19-10-18-14)17-9-13-6-4-3-5-12(13)7-16(20)21/h3-6,8,10-11H,7,9H2,1-2H3,(H,20,21)(H,17,18,19). The highest BCUT2D eigenvalue weighted by Crippen LogP contribution is 2.16. The van der Waals surface area contributed by atoms with Crippen LogP contribution >= 0.6 is 0 Å². The molecule has 21 heavy (non-hydrogen) atoms. The van der Waals surface area contributed by atoms with Crippen molar-refractivity contribution >= 4 is 11.8 Å². The second-order valence-corrected chi connectivity index (χ2v) is 5.18. The molecule has 2 N–H and O–H groups in total. The van der Waals surface area contributed by atoms with Crippen molar-refractivity contribution in [2.75, 3.05) is 5.32 Å². The first-order valence-corrected chi connectivity index (χ1v) is 6.90. The fourth-order valence-electron chi connectivity index (χ4n) is 2.04. The third-order valence-corrected chi connectivity index (χ3v) is 3.20. The van der Waals surface area contributed by atoms with Crippen molar-refractivity contribution in [2.24, 2.45) is 0 Å². The van der Waals surface area contributed by atoms with E-state index in [1.807, 2.05) is 30.3 Å². The van der Waals surface area contributed by atoms with Crippen LogP contribution in [0.2, 0.25) is 0 Å². The van der Waals surface area contributed by atoms with Crippen molar-refractivity contribution in [1.29, 1.82) is 0 Å². The molecule has 0 bridgehead atoms. The molecule has 110 valence electrons. The summed E-state index contributed by atoms with van der Waals surface area (Å²) in [5, 5.41) is 12.2. The molecule has 0 spiro atoms. The Bertz CT molecular complexity index is 626. The van der Waals surface area contributed by atoms with Crippen LogP contribution in [-0.2, 0) is 17.8 Å². The number of carboxylic acids is 1. The van der Waals surface area contributed by atoms with Gasteiger partial charge in [-0.3, -0.25) is 4.79 Å². The highest BCUT2D eigenvalue weighted by Gasteiger charge is 2.07. The number of aromatic nitrogens is 2. The molecule has 0 aliphatic heterocycles. The van der Waals surface area contributed by atoms with Crippen molar-refractivity contribution in [1.82, 2.24) is 9.97 Å². The highest BCUT2D eigenvalue weighted by atomic mass is 16.4. The van der Waals surface area contributed by atoms with E-state index in [-0.39, 0.29) is 6.42 Å². The minimum Gasteiger partial charge on any atom is -0.481 e. The fraction of sp³-hybridized carbons (Fsp3) is 0.312. The van der Waals surface area contributed by atoms with Crippen molar-refractivity contribution in [3.8, 4) is 0 Å². The van der Waals surface area contributed by atoms with E-state index in [4.69, 9.17) is 5.11 Å². The van der Waals surface area contributed by atoms with Crippen LogP contribution in [0.25, 0.3) is 0 Å². The van der Waals surface area contributed by atoms with E-state index in [2.05, 4.69) is 29.1 Å². The summed E-state index contributed by atoms with van der Waals surface area (Å²) in [6, 6.07) is 9.44. The Hall–Kier alpha value is -2.43. The molecule has 0 fully saturated rings. The second kappa shape index (κ2) is 6.83. The minimum absolute atomic E-state index is 0.0267. The maximum absolute atomic E-state index is 10.9. The summed E-state index contributed by atoms with van der Waals surface area (Å²) in [7, 11) is 0. The molecule has 0 unspecified atom stereocenters. The van der Waals surface area contributed by atoms with Gasteiger partial charge in [0.25, 0.3) is 0 Å². The SMILES string of the molecule is CC(C)c1cc(NCc2ccccc2CC(=O)O)ncn1. The van der Waals surface area contributed by atoms with Crippen molar-refractivity contribution < 1.29 is 9.90 Å². The fourth-order valence-corrected chi connectivity index (χ4v) is 2.04. The third kappa shape index (κ3) is 4.27. The lowest BCUT2D eigenvalue weighted by atomic mass is 10.0. The van der Waals surface area contributed by atoms with Crippen LogP contribution in [-0.4, -0.2) is 21.0 Å². The zero-order chi connectivity index (χ0) is 15.2. The zero-order valence-electron chi connectivity index (χ0n) is 12.2. The molecule has 0 saturated heterocycles. The van der Waals surface area contributed by atoms with E-state index in [9.17, 15) is 4.79 Å². The van der Waals surface area contributed by atoms with Gasteiger partial charge in [0.1, 0.15) is 12.1 Å². The van der Waals surface area contributed by atoms with Gasteiger partial charge in [-0.25, -0.2) is 9.97 Å². The number of aliphatic carboxylic acids is 1. The Kier molecular flexibility index (Phi) is 4.87. The summed E-state index contributed by atoms with van der Waals surface area (Å²) >= 11 is 0. The topological polar surface area (TPSA) is 75.1 Å². The quantitative estimate of drug-likeness (QED) is 0.853. The molecule has 2 rings (SSSR count). The molecular formula is C16H19N3O2. The predicted molar refractivity (Wildman–Crippen MR) is 81.2 cm³/mol. The van der Waals surface area contributed by atoms with Crippen LogP contribution in [0.1, 0.15) is 36.6 Å². The molecule has 0 aliphatic carbocycles. The smallest absolute Gasteiger partial charge is 0.307 e. The lowest BCUT2D eigenvalue weighted by Crippen LogP contribution is -2.08. The number of benzene rings is 1. The number of anilines is 1. The van der Waals surface area contributed by atoms with Crippen LogP contribution in [0.4, 0.5) is 5.82 Å². The van der Waals surface area contributed by atoms with E-state index in [1.165, 1.54) is 0 Å². The van der Waals surface area contributed by atoms with Gasteiger partial charge >= 0.3 is 5.97 Å². The van der Waals surface area contributed by atoms with Gasteiger partial charge < -0.3 is 10.4 Å². The molecule has 5 nitrogen and oxygen atoms in total. The summed E-state index contributed by atoms with van der Waals surface area (Å²) in [4.78, 5) is 19.3. The van der Waals surface area contributed by atoms with Gasteiger partial charge in [0.15, 0.2) is 0 Å². The van der Waals surface area contributed by atoms with Crippen molar-refractivity contribution in [2.45, 2.75) is 32.7 Å². The Balaban J connectivity index is 2.09. The number of nitrogens with zero attached hydrogens (tertiary/aromatic N) is 2. The summed E-state index contributed by atoms with van der Waals surface area (Å²) in [5.41, 5.74) is 2.76. The number of nitrogens with one attached hydrogen (secondary N) is 1. The van der Waals surface area contributed by atoms with Crippen molar-refractivity contribution in [3.63, 3.8) is 0 Å².